The summed E-state index contributed by atoms with van der Waals surface area (Å²) in [7, 11) is 0. The molecule has 0 spiro atoms. The fourth-order valence-electron chi connectivity index (χ4n) is 1.20. The molecule has 0 amide bonds. The topological polar surface area (TPSA) is 50.9 Å². The molecule has 0 bridgehead atoms. The van der Waals surface area contributed by atoms with E-state index < -0.39 is 0 Å². The largest absolute Gasteiger partial charge is 0.367 e. The highest BCUT2D eigenvalue weighted by atomic mass is 79.9. The van der Waals surface area contributed by atoms with Crippen molar-refractivity contribution in [3.05, 3.63) is 22.3 Å². The van der Waals surface area contributed by atoms with Crippen molar-refractivity contribution in [1.82, 2.24) is 4.98 Å². The summed E-state index contributed by atoms with van der Waals surface area (Å²) in [5, 5.41) is 3.31. The number of nitrogens with zero attached hydrogens (tertiary/aromatic N) is 1. The molecule has 0 aliphatic heterocycles. The second-order valence-corrected chi connectivity index (χ2v) is 4.21. The predicted molar refractivity (Wildman–Crippen MR) is 63.4 cm³/mol. The smallest absolute Gasteiger partial charge is 0.140 e. The van der Waals surface area contributed by atoms with Gasteiger partial charge in [-0.2, -0.15) is 0 Å². The molecule has 0 aliphatic carbocycles. The monoisotopic (exact) mass is 257 g/mol. The molecular formula is C10H16BrN3. The third kappa shape index (κ3) is 2.96. The molecule has 1 unspecified atom stereocenters. The first kappa shape index (κ1) is 11.5. The number of pyridine rings is 1. The number of nitrogens with one attached hydrogen (secondary N) is 1. The normalized spacial score (nSPS) is 12.6. The standard InChI is InChI=1S/C10H16BrN3/c1-7-4-6-13-10(9(7)11)14-8(2)3-5-12/h4,6,8H,3,5,12H2,1-2H3,(H,13,14). The third-order valence-electron chi connectivity index (χ3n) is 2.07. The SMILES string of the molecule is Cc1ccnc(NC(C)CCN)c1Br. The number of nitrogens with two attached hydrogens (primary N) is 1. The van der Waals surface area contributed by atoms with Crippen LogP contribution in [0, 0.1) is 6.92 Å². The number of rotatable bonds is 4. The maximum atomic E-state index is 5.48. The van der Waals surface area contributed by atoms with E-state index in [2.05, 4.69) is 33.2 Å². The van der Waals surface area contributed by atoms with Crippen LogP contribution < -0.4 is 11.1 Å². The Morgan fingerprint density at radius 2 is 2.36 bits per heavy atom. The van der Waals surface area contributed by atoms with Crippen LogP contribution in [0.15, 0.2) is 16.7 Å². The van der Waals surface area contributed by atoms with E-state index in [0.717, 1.165) is 16.7 Å². The van der Waals surface area contributed by atoms with E-state index in [1.54, 1.807) is 6.20 Å². The van der Waals surface area contributed by atoms with Gasteiger partial charge >= 0.3 is 0 Å². The van der Waals surface area contributed by atoms with Gasteiger partial charge in [-0.3, -0.25) is 0 Å². The second kappa shape index (κ2) is 5.32. The molecule has 1 aromatic heterocycles. The Morgan fingerprint density at radius 3 is 3.00 bits per heavy atom. The van der Waals surface area contributed by atoms with E-state index in [0.29, 0.717) is 12.6 Å². The van der Waals surface area contributed by atoms with E-state index >= 15 is 0 Å². The molecule has 0 radical (unpaired) electrons. The Hall–Kier alpha value is -0.610. The molecule has 1 atom stereocenters. The number of anilines is 1. The van der Waals surface area contributed by atoms with Gasteiger partial charge in [0.1, 0.15) is 5.82 Å². The van der Waals surface area contributed by atoms with E-state index in [9.17, 15) is 0 Å². The van der Waals surface area contributed by atoms with Crippen LogP contribution in [-0.2, 0) is 0 Å². The van der Waals surface area contributed by atoms with E-state index in [1.165, 1.54) is 5.56 Å². The van der Waals surface area contributed by atoms with Gasteiger partial charge in [-0.15, -0.1) is 0 Å². The van der Waals surface area contributed by atoms with Gasteiger partial charge in [0.25, 0.3) is 0 Å². The van der Waals surface area contributed by atoms with E-state index in [4.69, 9.17) is 5.73 Å². The van der Waals surface area contributed by atoms with Crippen molar-refractivity contribution in [3.8, 4) is 0 Å². The van der Waals surface area contributed by atoms with Gasteiger partial charge in [0, 0.05) is 12.2 Å². The lowest BCUT2D eigenvalue weighted by Crippen LogP contribution is -2.20. The summed E-state index contributed by atoms with van der Waals surface area (Å²) >= 11 is 3.50. The Morgan fingerprint density at radius 1 is 1.64 bits per heavy atom. The van der Waals surface area contributed by atoms with Crippen LogP contribution in [-0.4, -0.2) is 17.6 Å². The molecule has 3 nitrogen and oxygen atoms in total. The zero-order valence-corrected chi connectivity index (χ0v) is 10.1. The van der Waals surface area contributed by atoms with Gasteiger partial charge in [-0.25, -0.2) is 4.98 Å². The minimum atomic E-state index is 0.352. The van der Waals surface area contributed by atoms with Crippen molar-refractivity contribution in [3.63, 3.8) is 0 Å². The Labute approximate surface area is 93.2 Å². The molecule has 78 valence electrons. The van der Waals surface area contributed by atoms with E-state index in [-0.39, 0.29) is 0 Å². The molecule has 4 heteroatoms. The lowest BCUT2D eigenvalue weighted by Gasteiger charge is -2.15. The fourth-order valence-corrected chi connectivity index (χ4v) is 1.55. The van der Waals surface area contributed by atoms with Crippen LogP contribution >= 0.6 is 15.9 Å². The second-order valence-electron chi connectivity index (χ2n) is 3.41. The zero-order valence-electron chi connectivity index (χ0n) is 8.55. The van der Waals surface area contributed by atoms with Crippen LogP contribution in [0.1, 0.15) is 18.9 Å². The quantitative estimate of drug-likeness (QED) is 0.871. The number of aromatic nitrogens is 1. The van der Waals surface area contributed by atoms with Crippen molar-refractivity contribution < 1.29 is 0 Å². The van der Waals surface area contributed by atoms with Gasteiger partial charge in [0.15, 0.2) is 0 Å². The van der Waals surface area contributed by atoms with Gasteiger partial charge in [-0.05, 0) is 54.4 Å². The van der Waals surface area contributed by atoms with Crippen LogP contribution in [0.3, 0.4) is 0 Å². The predicted octanol–water partition coefficient (Wildman–Crippen LogP) is 2.30. The molecule has 0 saturated carbocycles. The van der Waals surface area contributed by atoms with Gasteiger partial charge in [0.2, 0.25) is 0 Å². The van der Waals surface area contributed by atoms with Crippen molar-refractivity contribution in [2.45, 2.75) is 26.3 Å². The fraction of sp³-hybridized carbons (Fsp3) is 0.500. The first-order chi connectivity index (χ1) is 6.65. The van der Waals surface area contributed by atoms with Crippen LogP contribution in [0.5, 0.6) is 0 Å². The number of hydrogen-bond donors (Lipinski definition) is 2. The summed E-state index contributed by atoms with van der Waals surface area (Å²) in [6, 6.07) is 2.33. The maximum Gasteiger partial charge on any atom is 0.140 e. The molecule has 1 rings (SSSR count). The minimum absolute atomic E-state index is 0.352. The average Bonchev–Trinajstić information content (AvgIpc) is 2.13. The summed E-state index contributed by atoms with van der Waals surface area (Å²) in [5.41, 5.74) is 6.66. The number of halogens is 1. The van der Waals surface area contributed by atoms with Gasteiger partial charge in [0.05, 0.1) is 4.47 Å². The third-order valence-corrected chi connectivity index (χ3v) is 3.07. The average molecular weight is 258 g/mol. The van der Waals surface area contributed by atoms with Crippen molar-refractivity contribution in [1.29, 1.82) is 0 Å². The highest BCUT2D eigenvalue weighted by Gasteiger charge is 2.06. The van der Waals surface area contributed by atoms with Crippen molar-refractivity contribution in [2.24, 2.45) is 5.73 Å². The van der Waals surface area contributed by atoms with Gasteiger partial charge in [-0.1, -0.05) is 0 Å². The van der Waals surface area contributed by atoms with E-state index in [1.807, 2.05) is 13.0 Å². The molecule has 14 heavy (non-hydrogen) atoms. The molecule has 1 aromatic rings. The zero-order chi connectivity index (χ0) is 10.6. The van der Waals surface area contributed by atoms with Crippen molar-refractivity contribution in [2.75, 3.05) is 11.9 Å². The van der Waals surface area contributed by atoms with Crippen molar-refractivity contribution >= 4 is 21.7 Å². The molecule has 0 fully saturated rings. The number of hydrogen-bond acceptors (Lipinski definition) is 3. The molecule has 0 saturated heterocycles. The lowest BCUT2D eigenvalue weighted by atomic mass is 10.2. The highest BCUT2D eigenvalue weighted by molar-refractivity contribution is 9.10. The summed E-state index contributed by atoms with van der Waals surface area (Å²) in [5.74, 6) is 0.894. The number of aryl methyl sites for hydroxylation is 1. The minimum Gasteiger partial charge on any atom is -0.367 e. The molecule has 3 N–H and O–H groups in total. The molecule has 0 aliphatic rings. The van der Waals surface area contributed by atoms with Gasteiger partial charge < -0.3 is 11.1 Å². The van der Waals surface area contributed by atoms with Crippen LogP contribution in [0.25, 0.3) is 0 Å². The maximum absolute atomic E-state index is 5.48. The Kier molecular flexibility index (Phi) is 4.35. The Bertz CT molecular complexity index is 301. The highest BCUT2D eigenvalue weighted by Crippen LogP contribution is 2.23. The summed E-state index contributed by atoms with van der Waals surface area (Å²) in [6.45, 7) is 4.84. The molecular weight excluding hydrogens is 242 g/mol. The summed E-state index contributed by atoms with van der Waals surface area (Å²) < 4.78 is 1.03. The first-order valence-electron chi connectivity index (χ1n) is 4.73. The lowest BCUT2D eigenvalue weighted by molar-refractivity contribution is 0.713. The Balaban J connectivity index is 2.71. The first-order valence-corrected chi connectivity index (χ1v) is 5.52. The molecule has 1 heterocycles. The van der Waals surface area contributed by atoms with Crippen LogP contribution in [0.4, 0.5) is 5.82 Å². The summed E-state index contributed by atoms with van der Waals surface area (Å²) in [4.78, 5) is 4.26. The molecule has 0 aromatic carbocycles. The van der Waals surface area contributed by atoms with Crippen LogP contribution in [0.2, 0.25) is 0 Å². The summed E-state index contributed by atoms with van der Waals surface area (Å²) in [6.07, 6.45) is 2.75.